The van der Waals surface area contributed by atoms with Gasteiger partial charge in [-0.2, -0.15) is 0 Å². The molecule has 0 aliphatic carbocycles. The van der Waals surface area contributed by atoms with Gasteiger partial charge in [0.2, 0.25) is 0 Å². The van der Waals surface area contributed by atoms with E-state index in [0.29, 0.717) is 18.9 Å². The van der Waals surface area contributed by atoms with Gasteiger partial charge < -0.3 is 10.2 Å². The Balaban J connectivity index is 2.22. The molecule has 0 saturated carbocycles. The maximum atomic E-state index is 13.4. The molecule has 0 amide bonds. The van der Waals surface area contributed by atoms with Crippen LogP contribution in [0.5, 0.6) is 0 Å². The van der Waals surface area contributed by atoms with Crippen LogP contribution in [-0.2, 0) is 0 Å². The van der Waals surface area contributed by atoms with E-state index >= 15 is 0 Å². The van der Waals surface area contributed by atoms with Crippen LogP contribution < -0.4 is 10.2 Å². The lowest BCUT2D eigenvalue weighted by atomic mass is 10.2. The summed E-state index contributed by atoms with van der Waals surface area (Å²) in [5, 5.41) is 2.74. The van der Waals surface area contributed by atoms with Crippen molar-refractivity contribution in [1.29, 1.82) is 0 Å². The highest BCUT2D eigenvalue weighted by molar-refractivity contribution is 5.42. The minimum atomic E-state index is -2.70. The zero-order valence-corrected chi connectivity index (χ0v) is 10.1. The van der Waals surface area contributed by atoms with E-state index in [2.05, 4.69) is 10.3 Å². The molecule has 1 N–H and O–H groups in total. The Bertz CT molecular complexity index is 407. The molecule has 5 heteroatoms. The number of hydrogen-bond acceptors (Lipinski definition) is 3. The van der Waals surface area contributed by atoms with Crippen LogP contribution in [0.25, 0.3) is 0 Å². The van der Waals surface area contributed by atoms with Crippen LogP contribution in [0.2, 0.25) is 0 Å². The lowest BCUT2D eigenvalue weighted by Crippen LogP contribution is -2.38. The Morgan fingerprint density at radius 1 is 1.35 bits per heavy atom. The van der Waals surface area contributed by atoms with Crippen LogP contribution in [0.1, 0.15) is 11.3 Å². The SMILES string of the molecule is Cc1ccc(N2CCNCC(F)(F)C2)nc1C. The second-order valence-corrected chi connectivity index (χ2v) is 4.53. The Morgan fingerprint density at radius 2 is 2.12 bits per heavy atom. The Morgan fingerprint density at radius 3 is 2.82 bits per heavy atom. The van der Waals surface area contributed by atoms with E-state index in [9.17, 15) is 8.78 Å². The van der Waals surface area contributed by atoms with Crippen LogP contribution in [0.15, 0.2) is 12.1 Å². The predicted molar refractivity (Wildman–Crippen MR) is 63.7 cm³/mol. The Hall–Kier alpha value is -1.23. The number of anilines is 1. The molecule has 3 nitrogen and oxygen atoms in total. The monoisotopic (exact) mass is 241 g/mol. The van der Waals surface area contributed by atoms with E-state index in [1.807, 2.05) is 26.0 Å². The third-order valence-corrected chi connectivity index (χ3v) is 3.02. The first-order valence-electron chi connectivity index (χ1n) is 5.76. The second kappa shape index (κ2) is 4.56. The molecule has 94 valence electrons. The van der Waals surface area contributed by atoms with Crippen molar-refractivity contribution in [3.8, 4) is 0 Å². The number of nitrogens with one attached hydrogen (secondary N) is 1. The maximum Gasteiger partial charge on any atom is 0.277 e. The fourth-order valence-electron chi connectivity index (χ4n) is 1.89. The van der Waals surface area contributed by atoms with E-state index in [4.69, 9.17) is 0 Å². The largest absolute Gasteiger partial charge is 0.349 e. The summed E-state index contributed by atoms with van der Waals surface area (Å²) in [6, 6.07) is 3.73. The number of nitrogens with zero attached hydrogens (tertiary/aromatic N) is 2. The number of aryl methyl sites for hydroxylation is 2. The van der Waals surface area contributed by atoms with Gasteiger partial charge in [-0.15, -0.1) is 0 Å². The summed E-state index contributed by atoms with van der Waals surface area (Å²) in [6.07, 6.45) is 0. The third-order valence-electron chi connectivity index (χ3n) is 3.02. The highest BCUT2D eigenvalue weighted by atomic mass is 19.3. The molecule has 1 fully saturated rings. The number of halogens is 2. The minimum Gasteiger partial charge on any atom is -0.349 e. The molecule has 2 heterocycles. The highest BCUT2D eigenvalue weighted by Crippen LogP contribution is 2.21. The van der Waals surface area contributed by atoms with Gasteiger partial charge in [-0.3, -0.25) is 0 Å². The van der Waals surface area contributed by atoms with E-state index in [1.54, 1.807) is 4.90 Å². The molecule has 0 bridgehead atoms. The van der Waals surface area contributed by atoms with Crippen molar-refractivity contribution in [2.24, 2.45) is 0 Å². The molecule has 1 aliphatic rings. The van der Waals surface area contributed by atoms with Gasteiger partial charge in [-0.25, -0.2) is 13.8 Å². The molecular formula is C12H17F2N3. The van der Waals surface area contributed by atoms with Gasteiger partial charge in [0, 0.05) is 18.8 Å². The van der Waals surface area contributed by atoms with Crippen LogP contribution in [0.3, 0.4) is 0 Å². The molecule has 0 unspecified atom stereocenters. The molecule has 1 aliphatic heterocycles. The van der Waals surface area contributed by atoms with E-state index in [-0.39, 0.29) is 13.1 Å². The maximum absolute atomic E-state index is 13.4. The fraction of sp³-hybridized carbons (Fsp3) is 0.583. The number of pyridine rings is 1. The average molecular weight is 241 g/mol. The van der Waals surface area contributed by atoms with Crippen molar-refractivity contribution >= 4 is 5.82 Å². The first kappa shape index (κ1) is 12.2. The number of aromatic nitrogens is 1. The average Bonchev–Trinajstić information content (AvgIpc) is 2.43. The quantitative estimate of drug-likeness (QED) is 0.811. The fourth-order valence-corrected chi connectivity index (χ4v) is 1.89. The lowest BCUT2D eigenvalue weighted by molar-refractivity contribution is 0.0156. The summed E-state index contributed by atoms with van der Waals surface area (Å²) in [7, 11) is 0. The molecule has 0 atom stereocenters. The predicted octanol–water partition coefficient (Wildman–Crippen LogP) is 1.74. The Labute approximate surface area is 99.8 Å². The van der Waals surface area contributed by atoms with Crippen molar-refractivity contribution in [3.63, 3.8) is 0 Å². The molecule has 1 aromatic rings. The third kappa shape index (κ3) is 2.91. The zero-order chi connectivity index (χ0) is 12.5. The van der Waals surface area contributed by atoms with Crippen molar-refractivity contribution in [1.82, 2.24) is 10.3 Å². The van der Waals surface area contributed by atoms with Gasteiger partial charge >= 0.3 is 0 Å². The molecule has 1 saturated heterocycles. The van der Waals surface area contributed by atoms with E-state index in [1.165, 1.54) is 0 Å². The molecule has 0 aromatic carbocycles. The molecular weight excluding hydrogens is 224 g/mol. The zero-order valence-electron chi connectivity index (χ0n) is 10.1. The molecule has 17 heavy (non-hydrogen) atoms. The lowest BCUT2D eigenvalue weighted by Gasteiger charge is -2.25. The van der Waals surface area contributed by atoms with Gasteiger partial charge in [0.15, 0.2) is 0 Å². The van der Waals surface area contributed by atoms with Crippen molar-refractivity contribution in [3.05, 3.63) is 23.4 Å². The van der Waals surface area contributed by atoms with Crippen LogP contribution >= 0.6 is 0 Å². The minimum absolute atomic E-state index is 0.256. The van der Waals surface area contributed by atoms with Gasteiger partial charge in [0.05, 0.1) is 13.1 Å². The Kier molecular flexibility index (Phi) is 3.28. The van der Waals surface area contributed by atoms with Crippen LogP contribution in [0.4, 0.5) is 14.6 Å². The normalized spacial score (nSPS) is 20.1. The van der Waals surface area contributed by atoms with Crippen molar-refractivity contribution < 1.29 is 8.78 Å². The van der Waals surface area contributed by atoms with E-state index < -0.39 is 5.92 Å². The number of alkyl halides is 2. The first-order valence-corrected chi connectivity index (χ1v) is 5.76. The summed E-state index contributed by atoms with van der Waals surface area (Å²) in [5.74, 6) is -2.06. The van der Waals surface area contributed by atoms with Crippen LogP contribution in [0, 0.1) is 13.8 Å². The van der Waals surface area contributed by atoms with Crippen molar-refractivity contribution in [2.45, 2.75) is 19.8 Å². The first-order chi connectivity index (χ1) is 7.98. The van der Waals surface area contributed by atoms with Gasteiger partial charge in [-0.1, -0.05) is 6.07 Å². The highest BCUT2D eigenvalue weighted by Gasteiger charge is 2.33. The number of hydrogen-bond donors (Lipinski definition) is 1. The molecule has 0 spiro atoms. The van der Waals surface area contributed by atoms with Crippen molar-refractivity contribution in [2.75, 3.05) is 31.1 Å². The molecule has 0 radical (unpaired) electrons. The van der Waals surface area contributed by atoms with Gasteiger partial charge in [0.25, 0.3) is 5.92 Å². The summed E-state index contributed by atoms with van der Waals surface area (Å²) < 4.78 is 26.9. The number of rotatable bonds is 1. The van der Waals surface area contributed by atoms with Gasteiger partial charge in [0.1, 0.15) is 5.82 Å². The molecule has 1 aromatic heterocycles. The smallest absolute Gasteiger partial charge is 0.277 e. The van der Waals surface area contributed by atoms with E-state index in [0.717, 1.165) is 11.3 Å². The summed E-state index contributed by atoms with van der Waals surface area (Å²) in [6.45, 7) is 4.46. The standard InChI is InChI=1S/C12H17F2N3/c1-9-3-4-11(16-10(9)2)17-6-5-15-7-12(13,14)8-17/h3-4,15H,5-8H2,1-2H3. The van der Waals surface area contributed by atoms with Crippen LogP contribution in [-0.4, -0.2) is 37.1 Å². The summed E-state index contributed by atoms with van der Waals surface area (Å²) in [4.78, 5) is 6.01. The summed E-state index contributed by atoms with van der Waals surface area (Å²) in [5.41, 5.74) is 1.97. The summed E-state index contributed by atoms with van der Waals surface area (Å²) >= 11 is 0. The molecule has 2 rings (SSSR count). The van der Waals surface area contributed by atoms with Gasteiger partial charge in [-0.05, 0) is 25.5 Å². The second-order valence-electron chi connectivity index (χ2n) is 4.53. The topological polar surface area (TPSA) is 28.2 Å².